The molecule has 0 aliphatic rings. The van der Waals surface area contributed by atoms with Crippen LogP contribution in [0.2, 0.25) is 5.02 Å². The van der Waals surface area contributed by atoms with E-state index in [2.05, 4.69) is 20.4 Å². The molecule has 1 atom stereocenters. The molecule has 2 heterocycles. The highest BCUT2D eigenvalue weighted by molar-refractivity contribution is 7.99. The molecule has 9 heteroatoms. The van der Waals surface area contributed by atoms with E-state index < -0.39 is 0 Å². The van der Waals surface area contributed by atoms with Crippen molar-refractivity contribution >= 4 is 40.3 Å². The molecule has 0 saturated carbocycles. The number of para-hydroxylation sites is 1. The molecular weight excluding hydrogens is 422 g/mol. The molecule has 0 bridgehead atoms. The fourth-order valence-electron chi connectivity index (χ4n) is 3.00. The van der Waals surface area contributed by atoms with Crippen molar-refractivity contribution in [1.29, 1.82) is 0 Å². The van der Waals surface area contributed by atoms with Crippen LogP contribution in [0.15, 0.2) is 70.7 Å². The third kappa shape index (κ3) is 4.39. The molecule has 2 aromatic heterocycles. The van der Waals surface area contributed by atoms with Crippen LogP contribution in [-0.4, -0.2) is 31.4 Å². The molecule has 2 N–H and O–H groups in total. The minimum Gasteiger partial charge on any atom is -0.349 e. The number of rotatable bonds is 6. The summed E-state index contributed by atoms with van der Waals surface area (Å²) in [5.41, 5.74) is 1.87. The Labute approximate surface area is 181 Å². The van der Waals surface area contributed by atoms with Gasteiger partial charge in [0.05, 0.1) is 23.7 Å². The van der Waals surface area contributed by atoms with Gasteiger partial charge in [0.25, 0.3) is 5.56 Å². The molecule has 7 nitrogen and oxygen atoms in total. The lowest BCUT2D eigenvalue weighted by Crippen LogP contribution is -2.28. The van der Waals surface area contributed by atoms with Gasteiger partial charge in [-0.05, 0) is 36.8 Å². The largest absolute Gasteiger partial charge is 0.349 e. The van der Waals surface area contributed by atoms with Crippen molar-refractivity contribution in [3.63, 3.8) is 0 Å². The number of hydrogen-bond donors (Lipinski definition) is 2. The van der Waals surface area contributed by atoms with Crippen LogP contribution in [0.5, 0.6) is 0 Å². The number of amides is 1. The quantitative estimate of drug-likeness (QED) is 0.352. The summed E-state index contributed by atoms with van der Waals surface area (Å²) in [6, 6.07) is 16.6. The van der Waals surface area contributed by atoms with E-state index in [-0.39, 0.29) is 23.3 Å². The number of benzene rings is 2. The van der Waals surface area contributed by atoms with Crippen LogP contribution in [0.1, 0.15) is 18.5 Å². The van der Waals surface area contributed by atoms with E-state index in [1.165, 1.54) is 6.20 Å². The molecule has 0 aliphatic carbocycles. The van der Waals surface area contributed by atoms with Crippen molar-refractivity contribution in [2.75, 3.05) is 5.75 Å². The molecule has 30 heavy (non-hydrogen) atoms. The lowest BCUT2D eigenvalue weighted by molar-refractivity contribution is -0.119. The predicted molar refractivity (Wildman–Crippen MR) is 118 cm³/mol. The molecule has 2 aromatic carbocycles. The topological polar surface area (TPSA) is 92.7 Å². The number of nitrogens with one attached hydrogen (secondary N) is 2. The summed E-state index contributed by atoms with van der Waals surface area (Å²) in [5.74, 6) is -0.0643. The molecule has 1 amide bonds. The molecule has 0 aliphatic heterocycles. The van der Waals surface area contributed by atoms with Crippen molar-refractivity contribution in [2.45, 2.75) is 18.1 Å². The van der Waals surface area contributed by atoms with Gasteiger partial charge in [0.2, 0.25) is 5.91 Å². The maximum Gasteiger partial charge on any atom is 0.262 e. The van der Waals surface area contributed by atoms with E-state index in [9.17, 15) is 9.59 Å². The van der Waals surface area contributed by atoms with Crippen molar-refractivity contribution in [2.24, 2.45) is 0 Å². The Morgan fingerprint density at radius 3 is 2.80 bits per heavy atom. The molecule has 0 unspecified atom stereocenters. The number of halogens is 1. The number of thioether (sulfide) groups is 1. The standard InChI is InChI=1S/C21H18ClN5O2S/c1-13(14-6-5-7-15(22)10-14)24-18(28)12-30-21-25-19-17(20(29)26-21)11-23-27(19)16-8-3-2-4-9-16/h2-11,13H,12H2,1H3,(H,24,28)(H,25,26,29)/t13-/m1/s1. The molecule has 0 spiro atoms. The van der Waals surface area contributed by atoms with Gasteiger partial charge in [0.15, 0.2) is 10.8 Å². The summed E-state index contributed by atoms with van der Waals surface area (Å²) >= 11 is 7.17. The third-order valence-corrected chi connectivity index (χ3v) is 5.59. The Hall–Kier alpha value is -3.10. The first-order chi connectivity index (χ1) is 14.5. The molecule has 0 saturated heterocycles. The molecule has 152 valence electrons. The maximum absolute atomic E-state index is 12.4. The van der Waals surface area contributed by atoms with E-state index in [1.54, 1.807) is 10.7 Å². The second-order valence-corrected chi connectivity index (χ2v) is 8.03. The molecule has 0 fully saturated rings. The summed E-state index contributed by atoms with van der Waals surface area (Å²) in [5, 5.41) is 8.57. The molecule has 0 radical (unpaired) electrons. The minimum absolute atomic E-state index is 0.110. The van der Waals surface area contributed by atoms with Gasteiger partial charge in [0.1, 0.15) is 5.39 Å². The first-order valence-electron chi connectivity index (χ1n) is 9.22. The molecule has 4 rings (SSSR count). The average Bonchev–Trinajstić information content (AvgIpc) is 3.17. The van der Waals surface area contributed by atoms with Crippen LogP contribution < -0.4 is 10.9 Å². The van der Waals surface area contributed by atoms with Crippen LogP contribution in [0, 0.1) is 0 Å². The summed E-state index contributed by atoms with van der Waals surface area (Å²) in [6.45, 7) is 1.89. The lowest BCUT2D eigenvalue weighted by atomic mass is 10.1. The number of nitrogens with zero attached hydrogens (tertiary/aromatic N) is 3. The number of carbonyl (C=O) groups excluding carboxylic acids is 1. The van der Waals surface area contributed by atoms with Gasteiger partial charge >= 0.3 is 0 Å². The van der Waals surface area contributed by atoms with E-state index >= 15 is 0 Å². The molecular formula is C21H18ClN5O2S. The molecule has 4 aromatic rings. The summed E-state index contributed by atoms with van der Waals surface area (Å²) in [4.78, 5) is 32.0. The maximum atomic E-state index is 12.4. The van der Waals surface area contributed by atoms with Gasteiger partial charge in [-0.25, -0.2) is 9.67 Å². The number of hydrogen-bond acceptors (Lipinski definition) is 5. The van der Waals surface area contributed by atoms with E-state index in [0.29, 0.717) is 21.2 Å². The minimum atomic E-state index is -0.294. The van der Waals surface area contributed by atoms with Crippen LogP contribution >= 0.6 is 23.4 Å². The van der Waals surface area contributed by atoms with E-state index in [4.69, 9.17) is 11.6 Å². The summed E-state index contributed by atoms with van der Waals surface area (Å²) < 4.78 is 1.61. The van der Waals surface area contributed by atoms with Crippen LogP contribution in [0.4, 0.5) is 0 Å². The van der Waals surface area contributed by atoms with E-state index in [0.717, 1.165) is 23.0 Å². The number of aromatic amines is 1. The van der Waals surface area contributed by atoms with Gasteiger partial charge < -0.3 is 10.3 Å². The summed E-state index contributed by atoms with van der Waals surface area (Å²) in [6.07, 6.45) is 1.49. The highest BCUT2D eigenvalue weighted by Gasteiger charge is 2.14. The van der Waals surface area contributed by atoms with Crippen molar-refractivity contribution in [3.8, 4) is 5.69 Å². The monoisotopic (exact) mass is 439 g/mol. The Morgan fingerprint density at radius 2 is 2.03 bits per heavy atom. The fourth-order valence-corrected chi connectivity index (χ4v) is 3.87. The Bertz CT molecular complexity index is 1260. The van der Waals surface area contributed by atoms with Gasteiger partial charge in [-0.15, -0.1) is 0 Å². The first-order valence-corrected chi connectivity index (χ1v) is 10.6. The zero-order chi connectivity index (χ0) is 21.1. The van der Waals surface area contributed by atoms with Crippen molar-refractivity contribution in [1.82, 2.24) is 25.1 Å². The predicted octanol–water partition coefficient (Wildman–Crippen LogP) is 3.73. The Balaban J connectivity index is 1.49. The normalized spacial score (nSPS) is 12.1. The highest BCUT2D eigenvalue weighted by atomic mass is 35.5. The zero-order valence-corrected chi connectivity index (χ0v) is 17.6. The highest BCUT2D eigenvalue weighted by Crippen LogP contribution is 2.19. The number of fused-ring (bicyclic) bond motifs is 1. The second-order valence-electron chi connectivity index (χ2n) is 6.63. The van der Waals surface area contributed by atoms with Crippen LogP contribution in [0.3, 0.4) is 0 Å². The van der Waals surface area contributed by atoms with E-state index in [1.807, 2.05) is 55.5 Å². The Morgan fingerprint density at radius 1 is 1.23 bits per heavy atom. The third-order valence-electron chi connectivity index (χ3n) is 4.48. The zero-order valence-electron chi connectivity index (χ0n) is 16.0. The van der Waals surface area contributed by atoms with Crippen molar-refractivity contribution < 1.29 is 4.79 Å². The van der Waals surface area contributed by atoms with Crippen molar-refractivity contribution in [3.05, 3.63) is 81.7 Å². The van der Waals surface area contributed by atoms with Gasteiger partial charge in [0, 0.05) is 5.02 Å². The fraction of sp³-hybridized carbons (Fsp3) is 0.143. The van der Waals surface area contributed by atoms with Crippen LogP contribution in [0.25, 0.3) is 16.7 Å². The lowest BCUT2D eigenvalue weighted by Gasteiger charge is -2.14. The second kappa shape index (κ2) is 8.73. The smallest absolute Gasteiger partial charge is 0.262 e. The van der Waals surface area contributed by atoms with Crippen LogP contribution in [-0.2, 0) is 4.79 Å². The first kappa shape index (κ1) is 20.2. The number of carbonyl (C=O) groups is 1. The summed E-state index contributed by atoms with van der Waals surface area (Å²) in [7, 11) is 0. The number of aromatic nitrogens is 4. The van der Waals surface area contributed by atoms with Gasteiger partial charge in [-0.3, -0.25) is 9.59 Å². The number of H-pyrrole nitrogens is 1. The average molecular weight is 440 g/mol. The Kier molecular flexibility index (Phi) is 5.87. The van der Waals surface area contributed by atoms with Gasteiger partial charge in [-0.2, -0.15) is 5.10 Å². The van der Waals surface area contributed by atoms with Gasteiger partial charge in [-0.1, -0.05) is 53.7 Å². The SMILES string of the molecule is C[C@@H](NC(=O)CSc1nc2c(cnn2-c2ccccc2)c(=O)[nH]1)c1cccc(Cl)c1.